The Balaban J connectivity index is -0.000000250. The molecule has 0 aliphatic heterocycles. The Morgan fingerprint density at radius 3 is 1.09 bits per heavy atom. The number of nitrogens with zero attached hydrogens (tertiary/aromatic N) is 2. The molecule has 0 atom stereocenters. The molecule has 4 N–H and O–H groups in total. The third-order valence-electron chi connectivity index (χ3n) is 5.22. The molecular formula is C26H62N4O4+2. The van der Waals surface area contributed by atoms with Gasteiger partial charge < -0.3 is 29.8 Å². The fourth-order valence-corrected chi connectivity index (χ4v) is 2.71. The monoisotopic (exact) mass is 494 g/mol. The molecule has 208 valence electrons. The third-order valence-corrected chi connectivity index (χ3v) is 5.22. The molecule has 0 rings (SSSR count). The van der Waals surface area contributed by atoms with E-state index >= 15 is 0 Å². The lowest BCUT2D eigenvalue weighted by atomic mass is 9.96. The smallest absolute Gasteiger partial charge is 0.225 e. The van der Waals surface area contributed by atoms with Gasteiger partial charge in [0, 0.05) is 36.8 Å². The van der Waals surface area contributed by atoms with Crippen molar-refractivity contribution in [2.75, 3.05) is 80.7 Å². The number of rotatable bonds is 12. The van der Waals surface area contributed by atoms with E-state index in [9.17, 15) is 9.59 Å². The van der Waals surface area contributed by atoms with E-state index in [-0.39, 0.29) is 50.7 Å². The lowest BCUT2D eigenvalue weighted by Crippen LogP contribution is -2.44. The molecule has 0 saturated carbocycles. The van der Waals surface area contributed by atoms with Gasteiger partial charge in [-0.15, -0.1) is 0 Å². The highest BCUT2D eigenvalue weighted by Crippen LogP contribution is 2.13. The summed E-state index contributed by atoms with van der Waals surface area (Å²) in [5.74, 6) is 0.194. The number of aliphatic hydroxyl groups is 2. The van der Waals surface area contributed by atoms with Crippen molar-refractivity contribution in [3.63, 3.8) is 0 Å². The molecule has 0 saturated heterocycles. The largest absolute Gasteiger partial charge is 0.391 e. The number of quaternary nitrogens is 2. The highest BCUT2D eigenvalue weighted by molar-refractivity contribution is 5.81. The van der Waals surface area contributed by atoms with Crippen molar-refractivity contribution in [3.05, 3.63) is 0 Å². The van der Waals surface area contributed by atoms with Crippen LogP contribution in [-0.2, 0) is 9.59 Å². The summed E-state index contributed by atoms with van der Waals surface area (Å²) in [6.07, 6.45) is 1.88. The van der Waals surface area contributed by atoms with E-state index in [2.05, 4.69) is 38.8 Å². The summed E-state index contributed by atoms with van der Waals surface area (Å²) < 4.78 is 1.59. The van der Waals surface area contributed by atoms with Crippen LogP contribution in [0.15, 0.2) is 0 Å². The van der Waals surface area contributed by atoms with Gasteiger partial charge in [-0.25, -0.2) is 0 Å². The van der Waals surface area contributed by atoms with Crippen LogP contribution in [0.1, 0.15) is 69.2 Å². The number of nitrogens with one attached hydrogen (secondary N) is 2. The zero-order valence-corrected chi connectivity index (χ0v) is 22.7. The van der Waals surface area contributed by atoms with Crippen LogP contribution < -0.4 is 10.6 Å². The minimum absolute atomic E-state index is 0. The second-order valence-corrected chi connectivity index (χ2v) is 11.9. The Morgan fingerprint density at radius 1 is 0.618 bits per heavy atom. The molecular weight excluding hydrogens is 432 g/mol. The summed E-state index contributed by atoms with van der Waals surface area (Å²) in [4.78, 5) is 23.1. The van der Waals surface area contributed by atoms with E-state index in [1.165, 1.54) is 0 Å². The van der Waals surface area contributed by atoms with Crippen molar-refractivity contribution in [1.82, 2.24) is 10.6 Å². The molecule has 0 bridgehead atoms. The highest BCUT2D eigenvalue weighted by Gasteiger charge is 2.22. The quantitative estimate of drug-likeness (QED) is 0.247. The second-order valence-electron chi connectivity index (χ2n) is 11.9. The number of hydrogen-bond donors (Lipinski definition) is 4. The predicted octanol–water partition coefficient (Wildman–Crippen LogP) is 2.49. The number of hydrogen-bond acceptors (Lipinski definition) is 4. The third kappa shape index (κ3) is 22.6. The molecule has 0 aliphatic carbocycles. The Hall–Kier alpha value is -1.22. The number of carbonyl (C=O) groups excluding carboxylic acids is 2. The summed E-state index contributed by atoms with van der Waals surface area (Å²) in [6, 6.07) is 0. The van der Waals surface area contributed by atoms with Crippen molar-refractivity contribution >= 4 is 11.8 Å². The van der Waals surface area contributed by atoms with E-state index in [1.807, 2.05) is 41.5 Å². The summed E-state index contributed by atoms with van der Waals surface area (Å²) in [5.41, 5.74) is -0.620. The van der Waals surface area contributed by atoms with Gasteiger partial charge in [0.2, 0.25) is 11.8 Å². The molecule has 34 heavy (non-hydrogen) atoms. The van der Waals surface area contributed by atoms with Crippen molar-refractivity contribution in [3.8, 4) is 0 Å². The van der Waals surface area contributed by atoms with Crippen LogP contribution in [-0.4, -0.2) is 112 Å². The molecule has 8 nitrogen and oxygen atoms in total. The summed E-state index contributed by atoms with van der Waals surface area (Å²) in [5, 5.41) is 23.6. The fourth-order valence-electron chi connectivity index (χ4n) is 2.71. The van der Waals surface area contributed by atoms with Crippen LogP contribution in [0.4, 0.5) is 0 Å². The van der Waals surface area contributed by atoms with E-state index in [0.29, 0.717) is 13.1 Å². The molecule has 0 unspecified atom stereocenters. The molecule has 0 spiro atoms. The van der Waals surface area contributed by atoms with E-state index in [1.54, 1.807) is 0 Å². The van der Waals surface area contributed by atoms with Gasteiger partial charge in [0.25, 0.3) is 0 Å². The standard InChI is InChI=1S/2C12H26N2O2.2CH4/c2*1-12(2,3)11(16)13-7-6-8-14(4,5)9-10-15;;/h2*15H,6-10H2,1-5H3;2*1H4/p+2. The van der Waals surface area contributed by atoms with Crippen LogP contribution in [0.3, 0.4) is 0 Å². The average molecular weight is 495 g/mol. The number of amides is 2. The number of carbonyl (C=O) groups is 2. The summed E-state index contributed by atoms with van der Waals surface area (Å²) in [7, 11) is 8.34. The van der Waals surface area contributed by atoms with Gasteiger partial charge in [-0.2, -0.15) is 0 Å². The van der Waals surface area contributed by atoms with Gasteiger partial charge in [-0.05, 0) is 0 Å². The Kier molecular flexibility index (Phi) is 21.3. The number of likely N-dealkylation sites (N-methyl/N-ethyl adjacent to an activating group) is 2. The first-order valence-corrected chi connectivity index (χ1v) is 11.8. The average Bonchev–Trinajstić information content (AvgIpc) is 2.60. The molecule has 0 aromatic rings. The maximum atomic E-state index is 11.6. The topological polar surface area (TPSA) is 98.7 Å². The number of aliphatic hydroxyl groups excluding tert-OH is 2. The SMILES string of the molecule is C.C.CC(C)(C)C(=O)NCCC[N+](C)(C)CCO.CC(C)(C)C(=O)NCCC[N+](C)(C)CCO. The van der Waals surface area contributed by atoms with Crippen LogP contribution >= 0.6 is 0 Å². The lowest BCUT2D eigenvalue weighted by molar-refractivity contribution is -0.890. The molecule has 0 aromatic carbocycles. The van der Waals surface area contributed by atoms with Crippen molar-refractivity contribution in [1.29, 1.82) is 0 Å². The summed E-state index contributed by atoms with van der Waals surface area (Å²) in [6.45, 7) is 16.7. The molecule has 0 aliphatic rings. The maximum Gasteiger partial charge on any atom is 0.225 e. The first-order chi connectivity index (χ1) is 14.4. The second kappa shape index (κ2) is 18.1. The van der Waals surface area contributed by atoms with Gasteiger partial charge in [0.15, 0.2) is 0 Å². The Morgan fingerprint density at radius 2 is 0.882 bits per heavy atom. The maximum absolute atomic E-state index is 11.6. The van der Waals surface area contributed by atoms with Crippen LogP contribution in [0.5, 0.6) is 0 Å². The van der Waals surface area contributed by atoms with Crippen LogP contribution in [0.2, 0.25) is 0 Å². The molecule has 0 radical (unpaired) electrons. The van der Waals surface area contributed by atoms with Crippen molar-refractivity contribution < 1.29 is 28.8 Å². The van der Waals surface area contributed by atoms with Gasteiger partial charge in [0.1, 0.15) is 13.1 Å². The molecule has 0 heterocycles. The first kappa shape index (κ1) is 40.0. The minimum atomic E-state index is -0.310. The molecule has 0 fully saturated rings. The zero-order chi connectivity index (χ0) is 25.6. The van der Waals surface area contributed by atoms with Gasteiger partial charge in [-0.3, -0.25) is 9.59 Å². The van der Waals surface area contributed by atoms with E-state index in [4.69, 9.17) is 10.2 Å². The zero-order valence-electron chi connectivity index (χ0n) is 22.7. The fraction of sp³-hybridized carbons (Fsp3) is 0.923. The first-order valence-electron chi connectivity index (χ1n) is 11.8. The van der Waals surface area contributed by atoms with Crippen LogP contribution in [0, 0.1) is 10.8 Å². The van der Waals surface area contributed by atoms with Crippen molar-refractivity contribution in [2.24, 2.45) is 10.8 Å². The van der Waals surface area contributed by atoms with E-state index in [0.717, 1.165) is 48.0 Å². The molecule has 0 aromatic heterocycles. The van der Waals surface area contributed by atoms with Gasteiger partial charge in [-0.1, -0.05) is 56.4 Å². The highest BCUT2D eigenvalue weighted by atomic mass is 16.3. The Bertz CT molecular complexity index is 488. The van der Waals surface area contributed by atoms with Gasteiger partial charge in [0.05, 0.1) is 54.5 Å². The van der Waals surface area contributed by atoms with Crippen molar-refractivity contribution in [2.45, 2.75) is 69.2 Å². The van der Waals surface area contributed by atoms with Crippen LogP contribution in [0.25, 0.3) is 0 Å². The minimum Gasteiger partial charge on any atom is -0.391 e. The summed E-state index contributed by atoms with van der Waals surface area (Å²) >= 11 is 0. The lowest BCUT2D eigenvalue weighted by Gasteiger charge is -2.29. The van der Waals surface area contributed by atoms with Gasteiger partial charge >= 0.3 is 0 Å². The normalized spacial score (nSPS) is 11.9. The Labute approximate surface area is 212 Å². The molecule has 8 heteroatoms. The van der Waals surface area contributed by atoms with E-state index < -0.39 is 0 Å². The molecule has 2 amide bonds. The predicted molar refractivity (Wildman–Crippen MR) is 145 cm³/mol.